The third-order valence-corrected chi connectivity index (χ3v) is 7.78. The number of hydrogen-bond donors (Lipinski definition) is 3. The first kappa shape index (κ1) is 29.1. The molecule has 2 aromatic rings. The van der Waals surface area contributed by atoms with E-state index in [2.05, 4.69) is 19.6 Å². The number of aliphatic hydroxyl groups is 3. The van der Waals surface area contributed by atoms with Crippen LogP contribution >= 0.6 is 0 Å². The predicted molar refractivity (Wildman–Crippen MR) is 140 cm³/mol. The number of methoxy groups -OCH3 is 1. The van der Waals surface area contributed by atoms with Crippen molar-refractivity contribution >= 4 is 14.0 Å². The molecule has 0 amide bonds. The zero-order valence-electron chi connectivity index (χ0n) is 21.8. The van der Waals surface area contributed by atoms with Gasteiger partial charge in [-0.1, -0.05) is 50.0 Å². The van der Waals surface area contributed by atoms with Gasteiger partial charge in [-0.2, -0.15) is 0 Å². The van der Waals surface area contributed by atoms with Crippen LogP contribution in [0.15, 0.2) is 48.5 Å². The van der Waals surface area contributed by atoms with E-state index in [9.17, 15) is 20.1 Å². The lowest BCUT2D eigenvalue weighted by atomic mass is 9.99. The van der Waals surface area contributed by atoms with Crippen molar-refractivity contribution in [2.45, 2.75) is 62.8 Å². The zero-order valence-corrected chi connectivity index (χ0v) is 22.8. The lowest BCUT2D eigenvalue weighted by Gasteiger charge is -2.40. The summed E-state index contributed by atoms with van der Waals surface area (Å²) in [5.74, 6) is 0.212. The lowest BCUT2D eigenvalue weighted by Crippen LogP contribution is -2.59. The molecule has 10 heteroatoms. The van der Waals surface area contributed by atoms with Gasteiger partial charge in [-0.05, 0) is 29.8 Å². The Balaban J connectivity index is 1.55. The molecule has 5 atom stereocenters. The zero-order chi connectivity index (χ0) is 27.0. The first-order chi connectivity index (χ1) is 17.6. The van der Waals surface area contributed by atoms with Gasteiger partial charge in [0, 0.05) is 21.1 Å². The highest BCUT2D eigenvalue weighted by Gasteiger charge is 2.44. The molecular formula is C27H38O9Si. The number of aliphatic hydroxyl groups excluding tert-OH is 3. The van der Waals surface area contributed by atoms with E-state index in [-0.39, 0.29) is 12.2 Å². The number of hydrogen-bond acceptors (Lipinski definition) is 9. The van der Waals surface area contributed by atoms with Crippen molar-refractivity contribution in [1.82, 2.24) is 0 Å². The van der Waals surface area contributed by atoms with Gasteiger partial charge in [-0.3, -0.25) is 0 Å². The van der Waals surface area contributed by atoms with Crippen molar-refractivity contribution in [2.24, 2.45) is 0 Å². The van der Waals surface area contributed by atoms with Crippen LogP contribution in [0.4, 0.5) is 0 Å². The average molecular weight is 535 g/mol. The number of esters is 1. The third kappa shape index (κ3) is 8.52. The topological polar surface area (TPSA) is 124 Å². The second kappa shape index (κ2) is 13.4. The molecule has 1 saturated heterocycles. The van der Waals surface area contributed by atoms with Gasteiger partial charge in [0.15, 0.2) is 17.8 Å². The predicted octanol–water partition coefficient (Wildman–Crippen LogP) is 2.64. The summed E-state index contributed by atoms with van der Waals surface area (Å²) in [6, 6.07) is 15.5. The Kier molecular flexibility index (Phi) is 10.5. The molecule has 0 bridgehead atoms. The van der Waals surface area contributed by atoms with Crippen LogP contribution < -0.4 is 9.47 Å². The average Bonchev–Trinajstić information content (AvgIpc) is 2.88. The van der Waals surface area contributed by atoms with Crippen LogP contribution in [-0.4, -0.2) is 87.0 Å². The number of carbonyl (C=O) groups excluding carboxylic acids is 1. The number of rotatable bonds is 12. The van der Waals surface area contributed by atoms with Crippen molar-refractivity contribution in [3.05, 3.63) is 59.7 Å². The first-order valence-electron chi connectivity index (χ1n) is 12.4. The molecule has 9 nitrogen and oxygen atoms in total. The molecule has 1 heterocycles. The second-order valence-electron chi connectivity index (χ2n) is 10.2. The minimum atomic E-state index is -1.50. The van der Waals surface area contributed by atoms with E-state index in [1.54, 1.807) is 12.1 Å². The van der Waals surface area contributed by atoms with E-state index in [1.807, 2.05) is 30.3 Å². The normalized spacial score (nSPS) is 23.9. The molecule has 1 aliphatic heterocycles. The molecule has 204 valence electrons. The summed E-state index contributed by atoms with van der Waals surface area (Å²) in [5, 5.41) is 30.8. The van der Waals surface area contributed by atoms with E-state index in [4.69, 9.17) is 23.7 Å². The van der Waals surface area contributed by atoms with Gasteiger partial charge in [0.1, 0.15) is 31.0 Å². The summed E-state index contributed by atoms with van der Waals surface area (Å²) in [4.78, 5) is 12.7. The SMILES string of the molecule is COc1cc(C(=O)OC[C@H]2O[C@@H](OCC[Si](C)(C)C)[C@H](O)[C@@H](O)[C@@H]2O)ccc1OCCc1ccccc1. The van der Waals surface area contributed by atoms with Crippen molar-refractivity contribution in [3.63, 3.8) is 0 Å². The van der Waals surface area contributed by atoms with Crippen LogP contribution in [0.2, 0.25) is 25.7 Å². The Bertz CT molecular complexity index is 995. The molecular weight excluding hydrogens is 496 g/mol. The summed E-state index contributed by atoms with van der Waals surface area (Å²) < 4.78 is 27.8. The molecule has 3 N–H and O–H groups in total. The standard InChI is InChI=1S/C27H38O9Si/c1-32-21-16-19(10-11-20(21)33-13-12-18-8-6-5-7-9-18)26(31)35-17-22-23(28)24(29)25(30)27(36-22)34-14-15-37(2,3)4/h5-11,16,22-25,27-30H,12-15,17H2,1-4H3/t22-,23-,24+,25-,27-/m1/s1. The quantitative estimate of drug-likeness (QED) is 0.278. The molecule has 1 aliphatic rings. The van der Waals surface area contributed by atoms with Crippen molar-refractivity contribution in [1.29, 1.82) is 0 Å². The molecule has 0 saturated carbocycles. The van der Waals surface area contributed by atoms with Gasteiger partial charge in [0.05, 0.1) is 19.3 Å². The van der Waals surface area contributed by atoms with Gasteiger partial charge >= 0.3 is 5.97 Å². The second-order valence-corrected chi connectivity index (χ2v) is 15.9. The Morgan fingerprint density at radius 3 is 2.35 bits per heavy atom. The summed E-state index contributed by atoms with van der Waals surface area (Å²) >= 11 is 0. The highest BCUT2D eigenvalue weighted by Crippen LogP contribution is 2.29. The molecule has 3 rings (SSSR count). The largest absolute Gasteiger partial charge is 0.493 e. The van der Waals surface area contributed by atoms with Crippen LogP contribution in [0.5, 0.6) is 11.5 Å². The Morgan fingerprint density at radius 1 is 0.946 bits per heavy atom. The van der Waals surface area contributed by atoms with Crippen LogP contribution in [0.25, 0.3) is 0 Å². The monoisotopic (exact) mass is 534 g/mol. The van der Waals surface area contributed by atoms with Gasteiger partial charge in [0.25, 0.3) is 0 Å². The summed E-state index contributed by atoms with van der Waals surface area (Å²) in [7, 11) is 0.105. The molecule has 37 heavy (non-hydrogen) atoms. The van der Waals surface area contributed by atoms with Crippen molar-refractivity contribution in [3.8, 4) is 11.5 Å². The minimum absolute atomic E-state index is 0.223. The number of carbonyl (C=O) groups is 1. The number of ether oxygens (including phenoxy) is 5. The van der Waals surface area contributed by atoms with Crippen molar-refractivity contribution in [2.75, 3.05) is 26.9 Å². The van der Waals surface area contributed by atoms with Gasteiger partial charge in [-0.15, -0.1) is 0 Å². The molecule has 0 aliphatic carbocycles. The lowest BCUT2D eigenvalue weighted by molar-refractivity contribution is -0.299. The van der Waals surface area contributed by atoms with E-state index in [0.29, 0.717) is 24.7 Å². The fraction of sp³-hybridized carbons (Fsp3) is 0.519. The smallest absolute Gasteiger partial charge is 0.338 e. The van der Waals surface area contributed by atoms with E-state index >= 15 is 0 Å². The van der Waals surface area contributed by atoms with Crippen LogP contribution in [-0.2, 0) is 20.6 Å². The van der Waals surface area contributed by atoms with Crippen molar-refractivity contribution < 1.29 is 43.8 Å². The highest BCUT2D eigenvalue weighted by molar-refractivity contribution is 6.76. The van der Waals surface area contributed by atoms with Gasteiger partial charge in [0.2, 0.25) is 0 Å². The summed E-state index contributed by atoms with van der Waals surface area (Å²) in [6.45, 7) is 7.02. The molecule has 0 spiro atoms. The van der Waals surface area contributed by atoms with E-state index < -0.39 is 44.7 Å². The maximum atomic E-state index is 12.7. The van der Waals surface area contributed by atoms with Gasteiger partial charge < -0.3 is 39.0 Å². The Morgan fingerprint density at radius 2 is 1.68 bits per heavy atom. The third-order valence-electron chi connectivity index (χ3n) is 6.07. The minimum Gasteiger partial charge on any atom is -0.493 e. The van der Waals surface area contributed by atoms with Gasteiger partial charge in [-0.25, -0.2) is 4.79 Å². The Labute approximate surface area is 218 Å². The first-order valence-corrected chi connectivity index (χ1v) is 16.1. The van der Waals surface area contributed by atoms with E-state index in [0.717, 1.165) is 18.0 Å². The van der Waals surface area contributed by atoms with Crippen LogP contribution in [0.1, 0.15) is 15.9 Å². The van der Waals surface area contributed by atoms with Crippen LogP contribution in [0.3, 0.4) is 0 Å². The maximum absolute atomic E-state index is 12.7. The molecule has 0 unspecified atom stereocenters. The molecule has 0 radical (unpaired) electrons. The van der Waals surface area contributed by atoms with E-state index in [1.165, 1.54) is 13.2 Å². The maximum Gasteiger partial charge on any atom is 0.338 e. The summed E-state index contributed by atoms with van der Waals surface area (Å²) in [6.07, 6.45) is -5.84. The Hall–Kier alpha value is -2.47. The highest BCUT2D eigenvalue weighted by atomic mass is 28.3. The molecule has 0 aromatic heterocycles. The molecule has 2 aromatic carbocycles. The fourth-order valence-electron chi connectivity index (χ4n) is 3.75. The van der Waals surface area contributed by atoms with Crippen LogP contribution in [0, 0.1) is 0 Å². The number of benzene rings is 2. The fourth-order valence-corrected chi connectivity index (χ4v) is 4.48. The summed E-state index contributed by atoms with van der Waals surface area (Å²) in [5.41, 5.74) is 1.37. The molecule has 1 fully saturated rings.